The molecule has 0 aromatic heterocycles. The summed E-state index contributed by atoms with van der Waals surface area (Å²) in [4.78, 5) is 20.9. The number of carbonyl (C=O) groups is 1. The van der Waals surface area contributed by atoms with Gasteiger partial charge in [0.25, 0.3) is 0 Å². The zero-order chi connectivity index (χ0) is 12.3. The smallest absolute Gasteiger partial charge is 0.314 e. The van der Waals surface area contributed by atoms with Crippen LogP contribution in [0.25, 0.3) is 0 Å². The van der Waals surface area contributed by atoms with Crippen molar-refractivity contribution in [2.75, 3.05) is 6.61 Å². The molecule has 0 amide bonds. The molecule has 0 unspecified atom stereocenters. The summed E-state index contributed by atoms with van der Waals surface area (Å²) in [6, 6.07) is 1.94. The molecule has 0 saturated heterocycles. The van der Waals surface area contributed by atoms with Gasteiger partial charge in [-0.25, -0.2) is 4.39 Å². The maximum atomic E-state index is 13.4. The Morgan fingerprint density at radius 3 is 2.62 bits per heavy atom. The van der Waals surface area contributed by atoms with Crippen molar-refractivity contribution in [2.45, 2.75) is 13.8 Å². The second-order valence-electron chi connectivity index (χ2n) is 3.05. The first kappa shape index (κ1) is 12.1. The summed E-state index contributed by atoms with van der Waals surface area (Å²) >= 11 is 0. The van der Waals surface area contributed by atoms with Gasteiger partial charge in [0.2, 0.25) is 5.75 Å². The van der Waals surface area contributed by atoms with Crippen molar-refractivity contribution in [1.82, 2.24) is 0 Å². The summed E-state index contributed by atoms with van der Waals surface area (Å²) < 4.78 is 18.3. The lowest BCUT2D eigenvalue weighted by Crippen LogP contribution is -2.03. The second kappa shape index (κ2) is 4.69. The first-order valence-electron chi connectivity index (χ1n) is 4.59. The zero-order valence-electron chi connectivity index (χ0n) is 8.82. The molecule has 0 radical (unpaired) electrons. The molecule has 5 nitrogen and oxygen atoms in total. The van der Waals surface area contributed by atoms with Crippen LogP contribution in [-0.4, -0.2) is 17.3 Å². The molecule has 16 heavy (non-hydrogen) atoms. The Bertz CT molecular complexity index is 445. The molecule has 0 fully saturated rings. The molecule has 0 atom stereocenters. The maximum absolute atomic E-state index is 13.4. The molecule has 0 spiro atoms. The predicted molar refractivity (Wildman–Crippen MR) is 54.2 cm³/mol. The van der Waals surface area contributed by atoms with Crippen LogP contribution in [0.5, 0.6) is 5.75 Å². The van der Waals surface area contributed by atoms with Gasteiger partial charge in [0, 0.05) is 11.6 Å². The van der Waals surface area contributed by atoms with Gasteiger partial charge in [-0.1, -0.05) is 0 Å². The number of rotatable bonds is 4. The van der Waals surface area contributed by atoms with Crippen LogP contribution in [0.1, 0.15) is 24.2 Å². The van der Waals surface area contributed by atoms with Crippen molar-refractivity contribution in [1.29, 1.82) is 0 Å². The predicted octanol–water partition coefficient (Wildman–Crippen LogP) is 2.34. The highest BCUT2D eigenvalue weighted by Gasteiger charge is 2.22. The molecule has 1 aromatic carbocycles. The molecule has 86 valence electrons. The summed E-state index contributed by atoms with van der Waals surface area (Å²) in [5.41, 5.74) is -0.584. The number of ether oxygens (including phenoxy) is 1. The lowest BCUT2D eigenvalue weighted by atomic mass is 10.1. The Balaban J connectivity index is 3.39. The van der Waals surface area contributed by atoms with Gasteiger partial charge in [-0.2, -0.15) is 0 Å². The van der Waals surface area contributed by atoms with E-state index in [1.54, 1.807) is 6.92 Å². The molecular formula is C10H10FNO4. The van der Waals surface area contributed by atoms with Crippen LogP contribution in [0, 0.1) is 15.9 Å². The number of hydrogen-bond donors (Lipinski definition) is 0. The van der Waals surface area contributed by atoms with Gasteiger partial charge in [-0.3, -0.25) is 14.9 Å². The number of Topliss-reactive ketones (excluding diaryl/α,β-unsaturated/α-hetero) is 1. The van der Waals surface area contributed by atoms with Crippen molar-refractivity contribution in [3.63, 3.8) is 0 Å². The molecule has 0 heterocycles. The van der Waals surface area contributed by atoms with Crippen molar-refractivity contribution in [3.8, 4) is 5.75 Å². The Morgan fingerprint density at radius 1 is 1.56 bits per heavy atom. The third-order valence-corrected chi connectivity index (χ3v) is 1.92. The van der Waals surface area contributed by atoms with E-state index in [9.17, 15) is 19.3 Å². The number of carbonyl (C=O) groups excluding carboxylic acids is 1. The standard InChI is InChI=1S/C10H10FNO4/c1-3-16-10-8(11)4-7(6(2)13)5-9(10)12(14)15/h4-5H,3H2,1-2H3. The summed E-state index contributed by atoms with van der Waals surface area (Å²) in [6.45, 7) is 2.90. The van der Waals surface area contributed by atoms with E-state index in [4.69, 9.17) is 4.74 Å². The minimum atomic E-state index is -0.902. The monoisotopic (exact) mass is 227 g/mol. The average molecular weight is 227 g/mol. The van der Waals surface area contributed by atoms with Crippen LogP contribution in [0.2, 0.25) is 0 Å². The van der Waals surface area contributed by atoms with Crippen molar-refractivity contribution in [3.05, 3.63) is 33.6 Å². The SMILES string of the molecule is CCOc1c(F)cc(C(C)=O)cc1[N+](=O)[O-]. The largest absolute Gasteiger partial charge is 0.485 e. The minimum Gasteiger partial charge on any atom is -0.485 e. The van der Waals surface area contributed by atoms with E-state index in [2.05, 4.69) is 0 Å². The lowest BCUT2D eigenvalue weighted by molar-refractivity contribution is -0.386. The fourth-order valence-corrected chi connectivity index (χ4v) is 1.21. The average Bonchev–Trinajstić information content (AvgIpc) is 2.20. The van der Waals surface area contributed by atoms with E-state index in [1.807, 2.05) is 0 Å². The third-order valence-electron chi connectivity index (χ3n) is 1.92. The summed E-state index contributed by atoms with van der Waals surface area (Å²) in [5.74, 6) is -1.77. The number of hydrogen-bond acceptors (Lipinski definition) is 4. The van der Waals surface area contributed by atoms with E-state index < -0.39 is 28.0 Å². The molecule has 0 aliphatic carbocycles. The van der Waals surface area contributed by atoms with Crippen LogP contribution in [-0.2, 0) is 0 Å². The Kier molecular flexibility index (Phi) is 3.55. The molecule has 0 aliphatic heterocycles. The molecule has 1 aromatic rings. The highest BCUT2D eigenvalue weighted by Crippen LogP contribution is 2.31. The Labute approximate surface area is 91.0 Å². The molecular weight excluding hydrogens is 217 g/mol. The molecule has 1 rings (SSSR count). The minimum absolute atomic E-state index is 0.0485. The molecule has 0 N–H and O–H groups in total. The summed E-state index contributed by atoms with van der Waals surface area (Å²) in [5, 5.41) is 10.7. The normalized spacial score (nSPS) is 9.94. The van der Waals surface area contributed by atoms with Gasteiger partial charge in [-0.15, -0.1) is 0 Å². The van der Waals surface area contributed by atoms with Crippen LogP contribution in [0.15, 0.2) is 12.1 Å². The van der Waals surface area contributed by atoms with Gasteiger partial charge >= 0.3 is 5.69 Å². The highest BCUT2D eigenvalue weighted by molar-refractivity contribution is 5.95. The zero-order valence-corrected chi connectivity index (χ0v) is 8.82. The Hall–Kier alpha value is -1.98. The number of benzene rings is 1. The van der Waals surface area contributed by atoms with Crippen molar-refractivity contribution < 1.29 is 18.8 Å². The third kappa shape index (κ3) is 2.33. The topological polar surface area (TPSA) is 69.4 Å². The van der Waals surface area contributed by atoms with Gasteiger partial charge < -0.3 is 4.74 Å². The fraction of sp³-hybridized carbons (Fsp3) is 0.300. The second-order valence-corrected chi connectivity index (χ2v) is 3.05. The van der Waals surface area contributed by atoms with E-state index >= 15 is 0 Å². The van der Waals surface area contributed by atoms with Gasteiger partial charge in [-0.05, 0) is 19.9 Å². The quantitative estimate of drug-likeness (QED) is 0.449. The van der Waals surface area contributed by atoms with E-state index in [-0.39, 0.29) is 12.2 Å². The molecule has 0 saturated carbocycles. The molecule has 6 heteroatoms. The first-order chi connectivity index (χ1) is 7.47. The Morgan fingerprint density at radius 2 is 2.19 bits per heavy atom. The first-order valence-corrected chi connectivity index (χ1v) is 4.59. The van der Waals surface area contributed by atoms with E-state index in [0.29, 0.717) is 0 Å². The van der Waals surface area contributed by atoms with Gasteiger partial charge in [0.05, 0.1) is 11.5 Å². The van der Waals surface area contributed by atoms with Crippen LogP contribution < -0.4 is 4.74 Å². The number of ketones is 1. The number of halogens is 1. The van der Waals surface area contributed by atoms with Crippen LogP contribution in [0.4, 0.5) is 10.1 Å². The van der Waals surface area contributed by atoms with Crippen molar-refractivity contribution in [2.24, 2.45) is 0 Å². The van der Waals surface area contributed by atoms with Crippen molar-refractivity contribution >= 4 is 11.5 Å². The molecule has 0 bridgehead atoms. The summed E-state index contributed by atoms with van der Waals surface area (Å²) in [7, 11) is 0. The van der Waals surface area contributed by atoms with Gasteiger partial charge in [0.1, 0.15) is 0 Å². The fourth-order valence-electron chi connectivity index (χ4n) is 1.21. The highest BCUT2D eigenvalue weighted by atomic mass is 19.1. The van der Waals surface area contributed by atoms with Crippen LogP contribution >= 0.6 is 0 Å². The maximum Gasteiger partial charge on any atom is 0.314 e. The van der Waals surface area contributed by atoms with Gasteiger partial charge in [0.15, 0.2) is 11.6 Å². The summed E-state index contributed by atoms with van der Waals surface area (Å²) in [6.07, 6.45) is 0. The number of nitrogens with zero attached hydrogens (tertiary/aromatic N) is 1. The number of nitro benzene ring substituents is 1. The lowest BCUT2D eigenvalue weighted by Gasteiger charge is -2.06. The van der Waals surface area contributed by atoms with E-state index in [1.165, 1.54) is 6.92 Å². The number of nitro groups is 1. The van der Waals surface area contributed by atoms with Crippen LogP contribution in [0.3, 0.4) is 0 Å². The van der Waals surface area contributed by atoms with E-state index in [0.717, 1.165) is 12.1 Å². The molecule has 0 aliphatic rings.